The minimum atomic E-state index is -0.782. The highest BCUT2D eigenvalue weighted by Gasteiger charge is 2.38. The van der Waals surface area contributed by atoms with E-state index in [1.807, 2.05) is 30.3 Å². The van der Waals surface area contributed by atoms with Crippen LogP contribution in [0, 0.1) is 0 Å². The van der Waals surface area contributed by atoms with Crippen molar-refractivity contribution >= 4 is 5.97 Å². The lowest BCUT2D eigenvalue weighted by molar-refractivity contribution is -0.177. The summed E-state index contributed by atoms with van der Waals surface area (Å²) in [4.78, 5) is 11.2. The molecule has 1 aromatic carbocycles. The van der Waals surface area contributed by atoms with E-state index in [0.29, 0.717) is 19.6 Å². The fourth-order valence-electron chi connectivity index (χ4n) is 1.97. The molecule has 0 saturated carbocycles. The summed E-state index contributed by atoms with van der Waals surface area (Å²) in [6.07, 6.45) is 0.759. The lowest BCUT2D eigenvalue weighted by Crippen LogP contribution is -2.28. The van der Waals surface area contributed by atoms with E-state index in [2.05, 4.69) is 4.74 Å². The second kappa shape index (κ2) is 5.29. The highest BCUT2D eigenvalue weighted by Crippen LogP contribution is 2.35. The van der Waals surface area contributed by atoms with E-state index in [-0.39, 0.29) is 12.4 Å². The van der Waals surface area contributed by atoms with Gasteiger partial charge in [0.2, 0.25) is 0 Å². The van der Waals surface area contributed by atoms with Gasteiger partial charge in [0.15, 0.2) is 5.79 Å². The zero-order chi connectivity index (χ0) is 12.1. The van der Waals surface area contributed by atoms with Crippen LogP contribution in [0.2, 0.25) is 0 Å². The van der Waals surface area contributed by atoms with Crippen LogP contribution in [0.1, 0.15) is 18.4 Å². The van der Waals surface area contributed by atoms with Crippen LogP contribution < -0.4 is 0 Å². The quantitative estimate of drug-likeness (QED) is 0.748. The molecule has 1 aliphatic heterocycles. The Morgan fingerprint density at radius 2 is 1.94 bits per heavy atom. The van der Waals surface area contributed by atoms with E-state index in [1.165, 1.54) is 7.11 Å². The van der Waals surface area contributed by atoms with Crippen molar-refractivity contribution in [3.05, 3.63) is 35.9 Å². The summed E-state index contributed by atoms with van der Waals surface area (Å²) in [5.41, 5.74) is 0.946. The molecule has 4 heteroatoms. The van der Waals surface area contributed by atoms with Gasteiger partial charge in [0.1, 0.15) is 0 Å². The van der Waals surface area contributed by atoms with Gasteiger partial charge < -0.3 is 14.2 Å². The molecular weight excluding hydrogens is 220 g/mol. The van der Waals surface area contributed by atoms with Crippen molar-refractivity contribution in [2.45, 2.75) is 18.6 Å². The number of benzene rings is 1. The largest absolute Gasteiger partial charge is 0.469 e. The first kappa shape index (κ1) is 12.1. The van der Waals surface area contributed by atoms with Crippen molar-refractivity contribution in [1.29, 1.82) is 0 Å². The Labute approximate surface area is 100 Å². The Kier molecular flexibility index (Phi) is 3.76. The molecule has 0 amide bonds. The summed E-state index contributed by atoms with van der Waals surface area (Å²) < 4.78 is 16.0. The Bertz CT molecular complexity index is 368. The second-order valence-electron chi connectivity index (χ2n) is 3.89. The Balaban J connectivity index is 2.13. The predicted molar refractivity (Wildman–Crippen MR) is 61.3 cm³/mol. The monoisotopic (exact) mass is 236 g/mol. The van der Waals surface area contributed by atoms with Gasteiger partial charge >= 0.3 is 5.97 Å². The molecule has 92 valence electrons. The number of hydrogen-bond acceptors (Lipinski definition) is 4. The normalized spacial score (nSPS) is 17.9. The molecule has 1 aromatic rings. The number of ether oxygens (including phenoxy) is 3. The number of hydrogen-bond donors (Lipinski definition) is 0. The minimum absolute atomic E-state index is 0.251. The number of carbonyl (C=O) groups is 1. The topological polar surface area (TPSA) is 44.8 Å². The summed E-state index contributed by atoms with van der Waals surface area (Å²) in [5.74, 6) is -1.03. The molecule has 0 radical (unpaired) electrons. The highest BCUT2D eigenvalue weighted by atomic mass is 16.7. The summed E-state index contributed by atoms with van der Waals surface area (Å²) in [6.45, 7) is 1.10. The van der Waals surface area contributed by atoms with Crippen molar-refractivity contribution in [2.75, 3.05) is 20.3 Å². The molecule has 1 saturated heterocycles. The predicted octanol–water partition coefficient (Wildman–Crippen LogP) is 1.84. The molecule has 4 nitrogen and oxygen atoms in total. The van der Waals surface area contributed by atoms with E-state index in [4.69, 9.17) is 9.47 Å². The van der Waals surface area contributed by atoms with Crippen LogP contribution in [0.3, 0.4) is 0 Å². The minimum Gasteiger partial charge on any atom is -0.469 e. The van der Waals surface area contributed by atoms with Crippen LogP contribution in [-0.2, 0) is 24.8 Å². The molecule has 2 rings (SSSR count). The van der Waals surface area contributed by atoms with Crippen LogP contribution in [-0.4, -0.2) is 26.3 Å². The molecule has 0 spiro atoms. The van der Waals surface area contributed by atoms with Gasteiger partial charge in [0.25, 0.3) is 0 Å². The molecule has 17 heavy (non-hydrogen) atoms. The van der Waals surface area contributed by atoms with E-state index in [9.17, 15) is 4.79 Å². The molecule has 1 heterocycles. The van der Waals surface area contributed by atoms with Crippen molar-refractivity contribution < 1.29 is 19.0 Å². The summed E-state index contributed by atoms with van der Waals surface area (Å²) in [6, 6.07) is 9.69. The first-order valence-electron chi connectivity index (χ1n) is 5.67. The summed E-state index contributed by atoms with van der Waals surface area (Å²) in [7, 11) is 1.38. The molecule has 1 aliphatic rings. The van der Waals surface area contributed by atoms with Crippen molar-refractivity contribution in [3.8, 4) is 0 Å². The SMILES string of the molecule is COC(=O)CCC1(c2ccccc2)OCCO1. The van der Waals surface area contributed by atoms with Gasteiger partial charge in [-0.05, 0) is 0 Å². The van der Waals surface area contributed by atoms with Gasteiger partial charge in [0, 0.05) is 12.0 Å². The van der Waals surface area contributed by atoms with Gasteiger partial charge in [-0.25, -0.2) is 0 Å². The molecular formula is C13H16O4. The maximum absolute atomic E-state index is 11.2. The summed E-state index contributed by atoms with van der Waals surface area (Å²) >= 11 is 0. The van der Waals surface area contributed by atoms with E-state index < -0.39 is 5.79 Å². The number of rotatable bonds is 4. The lowest BCUT2D eigenvalue weighted by Gasteiger charge is -2.27. The summed E-state index contributed by atoms with van der Waals surface area (Å²) in [5, 5.41) is 0. The van der Waals surface area contributed by atoms with Gasteiger partial charge in [-0.3, -0.25) is 4.79 Å². The van der Waals surface area contributed by atoms with Crippen LogP contribution in [0.4, 0.5) is 0 Å². The molecule has 0 aliphatic carbocycles. The van der Waals surface area contributed by atoms with E-state index in [1.54, 1.807) is 0 Å². The first-order valence-corrected chi connectivity index (χ1v) is 5.67. The zero-order valence-corrected chi connectivity index (χ0v) is 9.85. The van der Waals surface area contributed by atoms with Gasteiger partial charge in [-0.15, -0.1) is 0 Å². The molecule has 0 bridgehead atoms. The third-order valence-electron chi connectivity index (χ3n) is 2.85. The van der Waals surface area contributed by atoms with Crippen LogP contribution >= 0.6 is 0 Å². The fraction of sp³-hybridized carbons (Fsp3) is 0.462. The Hall–Kier alpha value is -1.39. The number of esters is 1. The number of methoxy groups -OCH3 is 1. The Morgan fingerprint density at radius 1 is 1.29 bits per heavy atom. The van der Waals surface area contributed by atoms with Crippen LogP contribution in [0.15, 0.2) is 30.3 Å². The molecule has 1 fully saturated rings. The molecule has 0 unspecified atom stereocenters. The van der Waals surface area contributed by atoms with Crippen molar-refractivity contribution in [2.24, 2.45) is 0 Å². The zero-order valence-electron chi connectivity index (χ0n) is 9.85. The average Bonchev–Trinajstić information content (AvgIpc) is 2.87. The Morgan fingerprint density at radius 3 is 2.53 bits per heavy atom. The van der Waals surface area contributed by atoms with Gasteiger partial charge in [-0.2, -0.15) is 0 Å². The maximum Gasteiger partial charge on any atom is 0.305 e. The molecule has 0 atom stereocenters. The van der Waals surface area contributed by atoms with Crippen LogP contribution in [0.25, 0.3) is 0 Å². The van der Waals surface area contributed by atoms with E-state index in [0.717, 1.165) is 5.56 Å². The number of carbonyl (C=O) groups excluding carboxylic acids is 1. The van der Waals surface area contributed by atoms with Gasteiger partial charge in [0.05, 0.1) is 26.7 Å². The first-order chi connectivity index (χ1) is 8.27. The van der Waals surface area contributed by atoms with Gasteiger partial charge in [-0.1, -0.05) is 30.3 Å². The van der Waals surface area contributed by atoms with Crippen molar-refractivity contribution in [3.63, 3.8) is 0 Å². The fourth-order valence-corrected chi connectivity index (χ4v) is 1.97. The van der Waals surface area contributed by atoms with E-state index >= 15 is 0 Å². The second-order valence-corrected chi connectivity index (χ2v) is 3.89. The smallest absolute Gasteiger partial charge is 0.305 e. The van der Waals surface area contributed by atoms with Crippen LogP contribution in [0.5, 0.6) is 0 Å². The molecule has 0 N–H and O–H groups in total. The third-order valence-corrected chi connectivity index (χ3v) is 2.85. The molecule has 0 aromatic heterocycles. The standard InChI is InChI=1S/C13H16O4/c1-15-12(14)7-8-13(16-9-10-17-13)11-5-3-2-4-6-11/h2-6H,7-10H2,1H3. The lowest BCUT2D eigenvalue weighted by atomic mass is 10.0. The third kappa shape index (κ3) is 2.65. The maximum atomic E-state index is 11.2. The average molecular weight is 236 g/mol. The van der Waals surface area contributed by atoms with Crippen molar-refractivity contribution in [1.82, 2.24) is 0 Å². The highest BCUT2D eigenvalue weighted by molar-refractivity contribution is 5.69.